The standard InChI is InChI=1S/C23H22ClNO3/c1-27-22-11-10-18(23(26)25-13-12-17-6-3-2-4-7-17)14-19(22)16-28-21-9-5-8-20(24)15-21/h2-11,14-15H,12-13,16H2,1H3,(H,25,26). The lowest BCUT2D eigenvalue weighted by Gasteiger charge is -2.12. The van der Waals surface area contributed by atoms with Gasteiger partial charge in [-0.3, -0.25) is 4.79 Å². The predicted molar refractivity (Wildman–Crippen MR) is 111 cm³/mol. The van der Waals surface area contributed by atoms with Crippen LogP contribution in [0.4, 0.5) is 0 Å². The highest BCUT2D eigenvalue weighted by atomic mass is 35.5. The van der Waals surface area contributed by atoms with Crippen LogP contribution in [0.2, 0.25) is 5.02 Å². The zero-order valence-electron chi connectivity index (χ0n) is 15.7. The lowest BCUT2D eigenvalue weighted by Crippen LogP contribution is -2.25. The summed E-state index contributed by atoms with van der Waals surface area (Å²) < 4.78 is 11.2. The summed E-state index contributed by atoms with van der Waals surface area (Å²) in [5.41, 5.74) is 2.55. The Labute approximate surface area is 170 Å². The molecule has 0 atom stereocenters. The summed E-state index contributed by atoms with van der Waals surface area (Å²) in [5.74, 6) is 1.21. The third-order valence-electron chi connectivity index (χ3n) is 4.28. The molecule has 0 aromatic heterocycles. The van der Waals surface area contributed by atoms with Crippen LogP contribution in [0.15, 0.2) is 72.8 Å². The first-order chi connectivity index (χ1) is 13.7. The Morgan fingerprint density at radius 2 is 1.82 bits per heavy atom. The number of carbonyl (C=O) groups is 1. The summed E-state index contributed by atoms with van der Waals surface area (Å²) in [6.45, 7) is 0.845. The Hall–Kier alpha value is -2.98. The fourth-order valence-corrected chi connectivity index (χ4v) is 3.00. The molecule has 1 amide bonds. The normalized spacial score (nSPS) is 10.4. The van der Waals surface area contributed by atoms with Crippen LogP contribution in [0.3, 0.4) is 0 Å². The van der Waals surface area contributed by atoms with Gasteiger partial charge in [0.05, 0.1) is 7.11 Å². The van der Waals surface area contributed by atoms with Crippen molar-refractivity contribution in [2.75, 3.05) is 13.7 Å². The summed E-state index contributed by atoms with van der Waals surface area (Å²) in [6.07, 6.45) is 0.785. The van der Waals surface area contributed by atoms with E-state index in [1.807, 2.05) is 42.5 Å². The molecule has 0 saturated carbocycles. The van der Waals surface area contributed by atoms with Gasteiger partial charge in [0.2, 0.25) is 0 Å². The van der Waals surface area contributed by atoms with E-state index in [1.54, 1.807) is 37.4 Å². The predicted octanol–water partition coefficient (Wildman–Crippen LogP) is 4.90. The number of amides is 1. The number of hydrogen-bond donors (Lipinski definition) is 1. The Bertz CT molecular complexity index is 928. The highest BCUT2D eigenvalue weighted by Gasteiger charge is 2.11. The molecule has 3 aromatic carbocycles. The van der Waals surface area contributed by atoms with Gasteiger partial charge < -0.3 is 14.8 Å². The quantitative estimate of drug-likeness (QED) is 0.590. The average Bonchev–Trinajstić information content (AvgIpc) is 2.73. The minimum absolute atomic E-state index is 0.123. The minimum atomic E-state index is -0.123. The van der Waals surface area contributed by atoms with Gasteiger partial charge in [0, 0.05) is 22.7 Å². The van der Waals surface area contributed by atoms with Crippen molar-refractivity contribution in [3.05, 3.63) is 94.5 Å². The Balaban J connectivity index is 1.63. The van der Waals surface area contributed by atoms with Gasteiger partial charge in [-0.05, 0) is 48.4 Å². The first-order valence-electron chi connectivity index (χ1n) is 9.03. The van der Waals surface area contributed by atoms with Gasteiger partial charge in [0.1, 0.15) is 18.1 Å². The molecule has 0 saturated heterocycles. The summed E-state index contributed by atoms with van der Waals surface area (Å²) in [5, 5.41) is 3.56. The largest absolute Gasteiger partial charge is 0.496 e. The fraction of sp³-hybridized carbons (Fsp3) is 0.174. The van der Waals surface area contributed by atoms with Gasteiger partial charge >= 0.3 is 0 Å². The number of halogens is 1. The number of nitrogens with one attached hydrogen (secondary N) is 1. The van der Waals surface area contributed by atoms with Crippen molar-refractivity contribution in [3.63, 3.8) is 0 Å². The molecule has 0 unspecified atom stereocenters. The van der Waals surface area contributed by atoms with E-state index >= 15 is 0 Å². The number of hydrogen-bond acceptors (Lipinski definition) is 3. The van der Waals surface area contributed by atoms with E-state index in [2.05, 4.69) is 5.32 Å². The van der Waals surface area contributed by atoms with Crippen LogP contribution < -0.4 is 14.8 Å². The molecule has 0 aliphatic rings. The lowest BCUT2D eigenvalue weighted by atomic mass is 10.1. The fourth-order valence-electron chi connectivity index (χ4n) is 2.82. The monoisotopic (exact) mass is 395 g/mol. The van der Waals surface area contributed by atoms with E-state index in [4.69, 9.17) is 21.1 Å². The van der Waals surface area contributed by atoms with Gasteiger partial charge in [-0.25, -0.2) is 0 Å². The highest BCUT2D eigenvalue weighted by molar-refractivity contribution is 6.30. The molecule has 0 radical (unpaired) electrons. The van der Waals surface area contributed by atoms with Crippen molar-refractivity contribution in [3.8, 4) is 11.5 Å². The number of carbonyl (C=O) groups excluding carboxylic acids is 1. The van der Waals surface area contributed by atoms with Gasteiger partial charge in [0.25, 0.3) is 5.91 Å². The summed E-state index contributed by atoms with van der Waals surface area (Å²) in [4.78, 5) is 12.5. The molecular weight excluding hydrogens is 374 g/mol. The van der Waals surface area contributed by atoms with Crippen molar-refractivity contribution in [2.24, 2.45) is 0 Å². The maximum Gasteiger partial charge on any atom is 0.251 e. The van der Waals surface area contributed by atoms with E-state index < -0.39 is 0 Å². The molecule has 4 nitrogen and oxygen atoms in total. The van der Waals surface area contributed by atoms with Crippen LogP contribution in [0.1, 0.15) is 21.5 Å². The number of ether oxygens (including phenoxy) is 2. The molecule has 0 bridgehead atoms. The molecule has 144 valence electrons. The summed E-state index contributed by atoms with van der Waals surface area (Å²) in [6, 6.07) is 22.6. The summed E-state index contributed by atoms with van der Waals surface area (Å²) in [7, 11) is 1.60. The molecule has 28 heavy (non-hydrogen) atoms. The zero-order chi connectivity index (χ0) is 19.8. The van der Waals surface area contributed by atoms with E-state index in [9.17, 15) is 4.79 Å². The van der Waals surface area contributed by atoms with Crippen LogP contribution in [0.5, 0.6) is 11.5 Å². The molecule has 0 aliphatic carbocycles. The Morgan fingerprint density at radius 1 is 1.00 bits per heavy atom. The molecule has 0 heterocycles. The first-order valence-corrected chi connectivity index (χ1v) is 9.41. The average molecular weight is 396 g/mol. The van der Waals surface area contributed by atoms with Crippen molar-refractivity contribution in [1.29, 1.82) is 0 Å². The van der Waals surface area contributed by atoms with Crippen molar-refractivity contribution >= 4 is 17.5 Å². The van der Waals surface area contributed by atoms with Crippen molar-refractivity contribution in [2.45, 2.75) is 13.0 Å². The first kappa shape index (κ1) is 19.8. The van der Waals surface area contributed by atoms with E-state index in [-0.39, 0.29) is 12.5 Å². The molecule has 5 heteroatoms. The molecule has 1 N–H and O–H groups in total. The van der Waals surface area contributed by atoms with Gasteiger partial charge in [-0.1, -0.05) is 48.0 Å². The highest BCUT2D eigenvalue weighted by Crippen LogP contribution is 2.23. The number of methoxy groups -OCH3 is 1. The van der Waals surface area contributed by atoms with E-state index in [1.165, 1.54) is 5.56 Å². The van der Waals surface area contributed by atoms with Gasteiger partial charge in [-0.15, -0.1) is 0 Å². The lowest BCUT2D eigenvalue weighted by molar-refractivity contribution is 0.0954. The van der Waals surface area contributed by atoms with Crippen molar-refractivity contribution in [1.82, 2.24) is 5.32 Å². The maximum atomic E-state index is 12.5. The van der Waals surface area contributed by atoms with Crippen LogP contribution >= 0.6 is 11.6 Å². The van der Waals surface area contributed by atoms with Gasteiger partial charge in [0.15, 0.2) is 0 Å². The third-order valence-corrected chi connectivity index (χ3v) is 4.51. The molecule has 3 aromatic rings. The molecule has 0 fully saturated rings. The SMILES string of the molecule is COc1ccc(C(=O)NCCc2ccccc2)cc1COc1cccc(Cl)c1. The second-order valence-electron chi connectivity index (χ2n) is 6.26. The zero-order valence-corrected chi connectivity index (χ0v) is 16.4. The number of benzene rings is 3. The van der Waals surface area contributed by atoms with E-state index in [0.29, 0.717) is 28.6 Å². The van der Waals surface area contributed by atoms with Crippen LogP contribution in [0, 0.1) is 0 Å². The minimum Gasteiger partial charge on any atom is -0.496 e. The Kier molecular flexibility index (Phi) is 6.93. The molecule has 0 aliphatic heterocycles. The maximum absolute atomic E-state index is 12.5. The molecule has 0 spiro atoms. The topological polar surface area (TPSA) is 47.6 Å². The molecule has 3 rings (SSSR count). The van der Waals surface area contributed by atoms with Crippen LogP contribution in [0.25, 0.3) is 0 Å². The van der Waals surface area contributed by atoms with E-state index in [0.717, 1.165) is 12.0 Å². The second kappa shape index (κ2) is 9.81. The smallest absolute Gasteiger partial charge is 0.251 e. The summed E-state index contributed by atoms with van der Waals surface area (Å²) >= 11 is 5.99. The second-order valence-corrected chi connectivity index (χ2v) is 6.70. The van der Waals surface area contributed by atoms with Crippen LogP contribution in [-0.2, 0) is 13.0 Å². The number of rotatable bonds is 8. The van der Waals surface area contributed by atoms with Crippen LogP contribution in [-0.4, -0.2) is 19.6 Å². The Morgan fingerprint density at radius 3 is 2.57 bits per heavy atom. The van der Waals surface area contributed by atoms with Gasteiger partial charge in [-0.2, -0.15) is 0 Å². The molecular formula is C23H22ClNO3. The third kappa shape index (κ3) is 5.51. The van der Waals surface area contributed by atoms with Crippen molar-refractivity contribution < 1.29 is 14.3 Å².